The average molecular weight is 505 g/mol. The first kappa shape index (κ1) is 26.9. The van der Waals surface area contributed by atoms with Crippen molar-refractivity contribution >= 4 is 5.97 Å². The zero-order valence-corrected chi connectivity index (χ0v) is 21.2. The number of carbonyl (C=O) groups is 1. The molecule has 1 aromatic rings. The standard InChI is InChI=1S/C28H40O8/c1-19-10-12-20(13-11-19)32-16-6-7-23(35-26-8-2-4-14-33-26)28-21(17-25(30)31)22(29)18-24(28)36-27-9-3-5-15-34-27/h7,10-13,21-22,24,26-29H,2-6,8-9,14-18H2,1H3,(H,30,31)/t21-,22-,24+,26?,27?,28-/m0/s1. The SMILES string of the molecule is Cc1ccc(OCCC=C(OC2CCCCO2)[C@@H]2[C@@H](CC(=O)O)[C@@H](O)C[C@H]2OC2CCCCO2)cc1. The summed E-state index contributed by atoms with van der Waals surface area (Å²) in [5.74, 6) is -0.467. The van der Waals surface area contributed by atoms with Gasteiger partial charge in [0.15, 0.2) is 12.6 Å². The first-order chi connectivity index (χ1) is 17.5. The number of hydrogen-bond donors (Lipinski definition) is 2. The lowest BCUT2D eigenvalue weighted by Crippen LogP contribution is -2.35. The van der Waals surface area contributed by atoms with Crippen LogP contribution in [-0.2, 0) is 23.7 Å². The van der Waals surface area contributed by atoms with Gasteiger partial charge in [-0.3, -0.25) is 4.79 Å². The highest BCUT2D eigenvalue weighted by molar-refractivity contribution is 5.67. The highest BCUT2D eigenvalue weighted by Gasteiger charge is 2.48. The Morgan fingerprint density at radius 2 is 1.75 bits per heavy atom. The molecular weight excluding hydrogens is 464 g/mol. The van der Waals surface area contributed by atoms with Gasteiger partial charge in [0, 0.05) is 37.7 Å². The van der Waals surface area contributed by atoms with E-state index in [9.17, 15) is 15.0 Å². The molecule has 2 saturated heterocycles. The number of aryl methyl sites for hydroxylation is 1. The predicted molar refractivity (Wildman–Crippen MR) is 132 cm³/mol. The molecule has 3 aliphatic rings. The molecule has 2 heterocycles. The van der Waals surface area contributed by atoms with Gasteiger partial charge in [-0.2, -0.15) is 0 Å². The fraction of sp³-hybridized carbons (Fsp3) is 0.679. The molecule has 0 amide bonds. The Morgan fingerprint density at radius 3 is 2.39 bits per heavy atom. The molecule has 0 aromatic heterocycles. The number of carboxylic acid groups (broad SMARTS) is 1. The monoisotopic (exact) mass is 504 g/mol. The smallest absolute Gasteiger partial charge is 0.303 e. The maximum Gasteiger partial charge on any atom is 0.303 e. The number of hydrogen-bond acceptors (Lipinski definition) is 7. The summed E-state index contributed by atoms with van der Waals surface area (Å²) in [5, 5.41) is 20.5. The van der Waals surface area contributed by atoms with Gasteiger partial charge in [0.2, 0.25) is 0 Å². The highest BCUT2D eigenvalue weighted by atomic mass is 16.7. The second kappa shape index (κ2) is 13.4. The van der Waals surface area contributed by atoms with Crippen LogP contribution in [0, 0.1) is 18.8 Å². The van der Waals surface area contributed by atoms with Gasteiger partial charge in [-0.15, -0.1) is 0 Å². The molecule has 1 aliphatic carbocycles. The largest absolute Gasteiger partial charge is 0.493 e. The summed E-state index contributed by atoms with van der Waals surface area (Å²) in [6, 6.07) is 7.89. The van der Waals surface area contributed by atoms with Crippen LogP contribution >= 0.6 is 0 Å². The van der Waals surface area contributed by atoms with Crippen molar-refractivity contribution in [1.82, 2.24) is 0 Å². The maximum atomic E-state index is 11.7. The third kappa shape index (κ3) is 7.68. The van der Waals surface area contributed by atoms with Gasteiger partial charge < -0.3 is 33.9 Å². The van der Waals surface area contributed by atoms with Crippen LogP contribution in [-0.4, -0.2) is 60.8 Å². The first-order valence-electron chi connectivity index (χ1n) is 13.3. The van der Waals surface area contributed by atoms with E-state index in [-0.39, 0.29) is 12.7 Å². The van der Waals surface area contributed by atoms with Crippen molar-refractivity contribution in [3.63, 3.8) is 0 Å². The summed E-state index contributed by atoms with van der Waals surface area (Å²) in [4.78, 5) is 11.7. The normalized spacial score (nSPS) is 31.2. The molecule has 36 heavy (non-hydrogen) atoms. The lowest BCUT2D eigenvalue weighted by atomic mass is 9.88. The van der Waals surface area contributed by atoms with E-state index in [1.165, 1.54) is 5.56 Å². The Labute approximate surface area is 213 Å². The van der Waals surface area contributed by atoms with E-state index < -0.39 is 36.3 Å². The minimum atomic E-state index is -0.949. The van der Waals surface area contributed by atoms with Gasteiger partial charge in [0.25, 0.3) is 0 Å². The molecule has 1 aromatic carbocycles. The Morgan fingerprint density at radius 1 is 1.06 bits per heavy atom. The molecule has 8 heteroatoms. The molecule has 2 N–H and O–H groups in total. The molecule has 0 spiro atoms. The number of aliphatic hydroxyl groups excluding tert-OH is 1. The molecule has 8 nitrogen and oxygen atoms in total. The molecule has 2 aliphatic heterocycles. The molecule has 3 fully saturated rings. The summed E-state index contributed by atoms with van der Waals surface area (Å²) in [6.45, 7) is 3.76. The summed E-state index contributed by atoms with van der Waals surface area (Å²) >= 11 is 0. The lowest BCUT2D eigenvalue weighted by molar-refractivity contribution is -0.201. The minimum absolute atomic E-state index is 0.163. The minimum Gasteiger partial charge on any atom is -0.493 e. The first-order valence-corrected chi connectivity index (χ1v) is 13.3. The number of benzene rings is 1. The molecule has 6 atom stereocenters. The number of ether oxygens (including phenoxy) is 5. The van der Waals surface area contributed by atoms with Crippen LogP contribution in [0.15, 0.2) is 36.1 Å². The van der Waals surface area contributed by atoms with Gasteiger partial charge in [-0.1, -0.05) is 17.7 Å². The quantitative estimate of drug-likeness (QED) is 0.334. The van der Waals surface area contributed by atoms with E-state index in [4.69, 9.17) is 23.7 Å². The topological polar surface area (TPSA) is 104 Å². The Balaban J connectivity index is 1.52. The van der Waals surface area contributed by atoms with Crippen LogP contribution in [0.4, 0.5) is 0 Å². The van der Waals surface area contributed by atoms with E-state index in [1.807, 2.05) is 37.3 Å². The Hall–Kier alpha value is -2.13. The zero-order valence-electron chi connectivity index (χ0n) is 21.2. The van der Waals surface area contributed by atoms with Crippen molar-refractivity contribution in [3.05, 3.63) is 41.7 Å². The van der Waals surface area contributed by atoms with Gasteiger partial charge in [0.05, 0.1) is 31.8 Å². The number of aliphatic carboxylic acids is 1. The molecule has 4 rings (SSSR count). The highest BCUT2D eigenvalue weighted by Crippen LogP contribution is 2.43. The van der Waals surface area contributed by atoms with Crippen LogP contribution in [0.25, 0.3) is 0 Å². The second-order valence-electron chi connectivity index (χ2n) is 10.0. The Kier molecular flexibility index (Phi) is 10.0. The van der Waals surface area contributed by atoms with Crippen LogP contribution in [0.5, 0.6) is 5.75 Å². The third-order valence-electron chi connectivity index (χ3n) is 7.19. The molecule has 0 bridgehead atoms. The van der Waals surface area contributed by atoms with E-state index >= 15 is 0 Å². The van der Waals surface area contributed by atoms with Gasteiger partial charge >= 0.3 is 5.97 Å². The Bertz CT molecular complexity index is 842. The third-order valence-corrected chi connectivity index (χ3v) is 7.19. The summed E-state index contributed by atoms with van der Waals surface area (Å²) in [6.07, 6.45) is 6.36. The molecule has 200 valence electrons. The molecule has 1 saturated carbocycles. The van der Waals surface area contributed by atoms with E-state index in [1.54, 1.807) is 0 Å². The number of rotatable bonds is 11. The van der Waals surface area contributed by atoms with Crippen LogP contribution < -0.4 is 4.74 Å². The van der Waals surface area contributed by atoms with Crippen molar-refractivity contribution in [2.24, 2.45) is 11.8 Å². The van der Waals surface area contributed by atoms with Crippen LogP contribution in [0.3, 0.4) is 0 Å². The zero-order chi connectivity index (χ0) is 25.3. The summed E-state index contributed by atoms with van der Waals surface area (Å²) < 4.78 is 30.3. The maximum absolute atomic E-state index is 11.7. The molecule has 0 radical (unpaired) electrons. The van der Waals surface area contributed by atoms with Crippen LogP contribution in [0.2, 0.25) is 0 Å². The lowest BCUT2D eigenvalue weighted by Gasteiger charge is -2.33. The van der Waals surface area contributed by atoms with E-state index in [0.29, 0.717) is 38.4 Å². The van der Waals surface area contributed by atoms with Gasteiger partial charge in [-0.05, 0) is 57.2 Å². The van der Waals surface area contributed by atoms with E-state index in [0.717, 1.165) is 44.3 Å². The van der Waals surface area contributed by atoms with Crippen molar-refractivity contribution in [2.75, 3.05) is 19.8 Å². The van der Waals surface area contributed by atoms with Crippen molar-refractivity contribution in [3.8, 4) is 5.75 Å². The fourth-order valence-corrected chi connectivity index (χ4v) is 5.32. The van der Waals surface area contributed by atoms with E-state index in [2.05, 4.69) is 0 Å². The summed E-state index contributed by atoms with van der Waals surface area (Å²) in [7, 11) is 0. The molecule has 2 unspecified atom stereocenters. The van der Waals surface area contributed by atoms with Gasteiger partial charge in [-0.25, -0.2) is 0 Å². The number of carboxylic acids is 1. The second-order valence-corrected chi connectivity index (χ2v) is 10.0. The van der Waals surface area contributed by atoms with Crippen molar-refractivity contribution in [1.29, 1.82) is 0 Å². The van der Waals surface area contributed by atoms with Crippen LogP contribution in [0.1, 0.15) is 63.4 Å². The molecular formula is C28H40O8. The average Bonchev–Trinajstić information content (AvgIpc) is 3.17. The van der Waals surface area contributed by atoms with Crippen molar-refractivity contribution < 1.29 is 38.7 Å². The van der Waals surface area contributed by atoms with Crippen molar-refractivity contribution in [2.45, 2.75) is 89.5 Å². The van der Waals surface area contributed by atoms with Gasteiger partial charge in [0.1, 0.15) is 11.5 Å². The fourth-order valence-electron chi connectivity index (χ4n) is 5.32. The summed E-state index contributed by atoms with van der Waals surface area (Å²) in [5.41, 5.74) is 1.17. The predicted octanol–water partition coefficient (Wildman–Crippen LogP) is 4.57. The number of aliphatic hydroxyl groups is 1.